The minimum Gasteiger partial charge on any atom is -0.413 e. The Kier molecular flexibility index (Phi) is 21.6. The van der Waals surface area contributed by atoms with Crippen LogP contribution in [0.4, 0.5) is 11.4 Å². The summed E-state index contributed by atoms with van der Waals surface area (Å²) in [6.07, 6.45) is 2.06. The van der Waals surface area contributed by atoms with E-state index in [9.17, 15) is 24.3 Å². The zero-order valence-corrected chi connectivity index (χ0v) is 43.0. The number of aliphatic hydroxyl groups is 1. The fraction of sp³-hybridized carbons (Fsp3) is 0.385. The Bertz CT molecular complexity index is 2640. The Morgan fingerprint density at radius 1 is 0.681 bits per heavy atom. The van der Waals surface area contributed by atoms with Crippen molar-refractivity contribution in [1.82, 2.24) is 21.7 Å². The summed E-state index contributed by atoms with van der Waals surface area (Å²) >= 11 is 13.0. The molecule has 0 spiro atoms. The van der Waals surface area contributed by atoms with Crippen LogP contribution in [0.3, 0.4) is 0 Å². The summed E-state index contributed by atoms with van der Waals surface area (Å²) in [4.78, 5) is 58.0. The fourth-order valence-electron chi connectivity index (χ4n) is 7.00. The highest BCUT2D eigenvalue weighted by molar-refractivity contribution is 6.74. The normalized spacial score (nSPS) is 12.7. The molecule has 0 saturated heterocycles. The first-order chi connectivity index (χ1) is 32.6. The summed E-state index contributed by atoms with van der Waals surface area (Å²) in [5.74, 6) is -3.44. The van der Waals surface area contributed by atoms with Crippen LogP contribution in [0.25, 0.3) is 9.69 Å². The molecule has 4 aromatic carbocycles. The van der Waals surface area contributed by atoms with Gasteiger partial charge in [-0.15, -0.1) is 0 Å². The van der Waals surface area contributed by atoms with Gasteiger partial charge in [0.05, 0.1) is 70.5 Å². The average molecular weight is 992 g/mol. The highest BCUT2D eigenvalue weighted by Crippen LogP contribution is 2.39. The van der Waals surface area contributed by atoms with Gasteiger partial charge in [0.15, 0.2) is 8.32 Å². The van der Waals surface area contributed by atoms with Gasteiger partial charge in [-0.1, -0.05) is 94.9 Å². The van der Waals surface area contributed by atoms with E-state index in [1.54, 1.807) is 30.3 Å². The van der Waals surface area contributed by atoms with Crippen LogP contribution in [-0.2, 0) is 39.7 Å². The summed E-state index contributed by atoms with van der Waals surface area (Å²) in [5, 5.41) is 28.7. The summed E-state index contributed by atoms with van der Waals surface area (Å²) in [6.45, 7) is 32.7. The quantitative estimate of drug-likeness (QED) is 0.0414. The molecular formula is C52H60Cl2N8O6Si. The highest BCUT2D eigenvalue weighted by atomic mass is 35.5. The van der Waals surface area contributed by atoms with E-state index in [0.717, 1.165) is 35.1 Å². The molecule has 17 heteroatoms. The molecule has 0 unspecified atom stereocenters. The lowest BCUT2D eigenvalue weighted by atomic mass is 9.90. The number of carbonyl (C=O) groups is 4. The van der Waals surface area contributed by atoms with Crippen LogP contribution in [0.1, 0.15) is 115 Å². The van der Waals surface area contributed by atoms with Crippen molar-refractivity contribution in [2.24, 2.45) is 11.8 Å². The van der Waals surface area contributed by atoms with Gasteiger partial charge in [-0.2, -0.15) is 10.5 Å². The molecule has 0 radical (unpaired) electrons. The molecule has 4 atom stereocenters. The summed E-state index contributed by atoms with van der Waals surface area (Å²) in [5.41, 5.74) is 15.2. The Hall–Kier alpha value is -6.56. The first-order valence-electron chi connectivity index (χ1n) is 22.5. The lowest BCUT2D eigenvalue weighted by Crippen LogP contribution is -2.51. The van der Waals surface area contributed by atoms with Crippen LogP contribution in [0.2, 0.25) is 28.2 Å². The van der Waals surface area contributed by atoms with Crippen molar-refractivity contribution in [3.63, 3.8) is 0 Å². The van der Waals surface area contributed by atoms with Gasteiger partial charge >= 0.3 is 0 Å². The van der Waals surface area contributed by atoms with E-state index in [4.69, 9.17) is 51.3 Å². The second-order valence-corrected chi connectivity index (χ2v) is 23.5. The Morgan fingerprint density at radius 2 is 1.06 bits per heavy atom. The number of hydrogen-bond acceptors (Lipinski definition) is 8. The van der Waals surface area contributed by atoms with Crippen LogP contribution in [0.15, 0.2) is 72.8 Å². The summed E-state index contributed by atoms with van der Waals surface area (Å²) in [6, 6.07) is 23.0. The number of carbonyl (C=O) groups excluding carboxylic acids is 4. The number of hydrogen-bond donors (Lipinski definition) is 5. The van der Waals surface area contributed by atoms with Gasteiger partial charge in [-0.3, -0.25) is 40.9 Å². The number of amides is 4. The molecule has 4 aromatic rings. The second-order valence-electron chi connectivity index (χ2n) is 18.0. The number of nitrogens with one attached hydrogen (secondary N) is 4. The van der Waals surface area contributed by atoms with E-state index >= 15 is 0 Å². The minimum absolute atomic E-state index is 0.0555. The number of aliphatic hydroxyl groups excluding tert-OH is 1. The van der Waals surface area contributed by atoms with E-state index in [1.807, 2.05) is 39.0 Å². The molecule has 0 aliphatic rings. The first-order valence-corrected chi connectivity index (χ1v) is 26.2. The van der Waals surface area contributed by atoms with E-state index in [0.29, 0.717) is 57.4 Å². The molecule has 4 rings (SSSR count). The number of hydrazine groups is 2. The topological polar surface area (TPSA) is 202 Å². The monoisotopic (exact) mass is 990 g/mol. The molecule has 0 saturated carbocycles. The van der Waals surface area contributed by atoms with E-state index in [2.05, 4.69) is 65.3 Å². The number of nitriles is 2. The molecule has 4 amide bonds. The standard InChI is InChI=1S/C29H37ClN4O3Si.C23H23ClN4O3/c1-9-10-23-22(15-16-25(32-6)26(23)30)17-24(19(2)37-38(7,8)29(3,4)5)28(36)34-33-27(35)21-13-11-20(18-31)12-14-21;1-4-5-18-17(10-11-20(26-3)21(18)24)12-19(14(2)29)23(31)28-27-22(30)16-8-6-15(13-25)7-9-16/h11-16,19,24H,9-10,17H2,1-5,7-8H3,(H,33,35)(H,34,36);6-11,14,19,29H,4-5,12H2,1-2H3,(H,27,30)(H,28,31)/t19-,24+;14-,19+/m00/s1. The van der Waals surface area contributed by atoms with Crippen LogP contribution >= 0.6 is 23.2 Å². The van der Waals surface area contributed by atoms with Crippen LogP contribution < -0.4 is 21.7 Å². The van der Waals surface area contributed by atoms with Crippen molar-refractivity contribution in [3.05, 3.63) is 150 Å². The zero-order chi connectivity index (χ0) is 51.6. The van der Waals surface area contributed by atoms with Crippen molar-refractivity contribution in [2.75, 3.05) is 0 Å². The van der Waals surface area contributed by atoms with E-state index in [1.165, 1.54) is 43.3 Å². The maximum absolute atomic E-state index is 13.5. The summed E-state index contributed by atoms with van der Waals surface area (Å²) in [7, 11) is -2.21. The maximum atomic E-state index is 13.5. The molecule has 362 valence electrons. The SMILES string of the molecule is [C-]#[N+]c1ccc(C[C@@H](C(=O)NNC(=O)c2ccc(C#N)cc2)[C@H](C)O)c(CCC)c1Cl.[C-]#[N+]c1ccc(C[C@@H](C(=O)NNC(=O)c2ccc(C#N)cc2)[C@H](C)O[Si](C)(C)C(C)(C)C)c(CCC)c1Cl. The molecule has 0 aromatic heterocycles. The zero-order valence-electron chi connectivity index (χ0n) is 40.5. The number of benzene rings is 4. The van der Waals surface area contributed by atoms with E-state index < -0.39 is 50.1 Å². The second kappa shape index (κ2) is 26.3. The minimum atomic E-state index is -2.21. The third-order valence-corrected chi connectivity index (χ3v) is 17.4. The molecule has 69 heavy (non-hydrogen) atoms. The van der Waals surface area contributed by atoms with Gasteiger partial charge in [-0.05, 0) is 128 Å². The van der Waals surface area contributed by atoms with Crippen molar-refractivity contribution in [2.45, 2.75) is 117 Å². The van der Waals surface area contributed by atoms with Gasteiger partial charge in [-0.25, -0.2) is 9.69 Å². The molecular weight excluding hydrogens is 932 g/mol. The van der Waals surface area contributed by atoms with Crippen molar-refractivity contribution in [3.8, 4) is 12.1 Å². The Labute approximate surface area is 417 Å². The number of halogens is 2. The molecule has 0 aliphatic carbocycles. The van der Waals surface area contributed by atoms with Crippen LogP contribution in [0.5, 0.6) is 0 Å². The van der Waals surface area contributed by atoms with Crippen molar-refractivity contribution < 1.29 is 28.7 Å². The predicted octanol–water partition coefficient (Wildman–Crippen LogP) is 10.5. The molecule has 14 nitrogen and oxygen atoms in total. The summed E-state index contributed by atoms with van der Waals surface area (Å²) < 4.78 is 6.60. The Morgan fingerprint density at radius 3 is 1.39 bits per heavy atom. The average Bonchev–Trinajstić information content (AvgIpc) is 3.32. The number of rotatable bonds is 16. The van der Waals surface area contributed by atoms with Crippen molar-refractivity contribution >= 4 is 66.5 Å². The van der Waals surface area contributed by atoms with Crippen LogP contribution in [-0.4, -0.2) is 49.3 Å². The maximum Gasteiger partial charge on any atom is 0.269 e. The third-order valence-electron chi connectivity index (χ3n) is 12.0. The van der Waals surface area contributed by atoms with E-state index in [-0.39, 0.29) is 22.9 Å². The van der Waals surface area contributed by atoms with Gasteiger partial charge in [0.2, 0.25) is 23.2 Å². The highest BCUT2D eigenvalue weighted by Gasteiger charge is 2.41. The molecule has 0 heterocycles. The predicted molar refractivity (Wildman–Crippen MR) is 271 cm³/mol. The molecule has 0 bridgehead atoms. The van der Waals surface area contributed by atoms with Gasteiger partial charge in [0.25, 0.3) is 11.8 Å². The smallest absolute Gasteiger partial charge is 0.269 e. The Balaban J connectivity index is 0.000000373. The van der Waals surface area contributed by atoms with Crippen LogP contribution in [0, 0.1) is 47.6 Å². The van der Waals surface area contributed by atoms with Gasteiger partial charge < -0.3 is 9.53 Å². The molecule has 5 N–H and O–H groups in total. The number of nitrogens with zero attached hydrogens (tertiary/aromatic N) is 4. The molecule has 0 fully saturated rings. The first kappa shape index (κ1) is 56.8. The lowest BCUT2D eigenvalue weighted by molar-refractivity contribution is -0.129. The lowest BCUT2D eigenvalue weighted by Gasteiger charge is -2.40. The van der Waals surface area contributed by atoms with Gasteiger partial charge in [0.1, 0.15) is 0 Å². The van der Waals surface area contributed by atoms with Gasteiger partial charge in [0, 0.05) is 11.1 Å². The fourth-order valence-corrected chi connectivity index (χ4v) is 9.09. The largest absolute Gasteiger partial charge is 0.413 e. The third kappa shape index (κ3) is 15.7. The molecule has 0 aliphatic heterocycles. The van der Waals surface area contributed by atoms with Crippen molar-refractivity contribution in [1.29, 1.82) is 10.5 Å².